The molecule has 8 atom stereocenters. The summed E-state index contributed by atoms with van der Waals surface area (Å²) in [5.74, 6) is -4.06. The van der Waals surface area contributed by atoms with Crippen molar-refractivity contribution < 1.29 is 37.4 Å². The quantitative estimate of drug-likeness (QED) is 0.476. The number of aliphatic hydroxyl groups is 1. The van der Waals surface area contributed by atoms with Crippen LogP contribution >= 0.6 is 23.1 Å². The molecule has 0 bridgehead atoms. The molecule has 11 heteroatoms. The fourth-order valence-electron chi connectivity index (χ4n) is 7.87. The average molecular weight is 556 g/mol. The van der Waals surface area contributed by atoms with Gasteiger partial charge in [0.15, 0.2) is 11.4 Å². The molecule has 4 aliphatic rings. The third-order valence-corrected chi connectivity index (χ3v) is 11.1. The number of hydrogen-bond acceptors (Lipinski definition) is 8. The Morgan fingerprint density at radius 1 is 1.24 bits per heavy atom. The van der Waals surface area contributed by atoms with E-state index in [2.05, 4.69) is 4.98 Å². The maximum Gasteiger partial charge on any atom is 0.351 e. The van der Waals surface area contributed by atoms with Crippen LogP contribution in [0.2, 0.25) is 0 Å². The lowest BCUT2D eigenvalue weighted by atomic mass is 9.44. The molecule has 0 spiro atoms. The Labute approximate surface area is 220 Å². The number of fused-ring (bicyclic) bond motifs is 5. The van der Waals surface area contributed by atoms with Crippen molar-refractivity contribution in [3.8, 4) is 0 Å². The Morgan fingerprint density at radius 3 is 2.62 bits per heavy atom. The van der Waals surface area contributed by atoms with Crippen molar-refractivity contribution in [3.05, 3.63) is 40.1 Å². The van der Waals surface area contributed by atoms with Gasteiger partial charge in [-0.1, -0.05) is 13.8 Å². The number of thioether (sulfide) groups is 1. The molecule has 0 aromatic carbocycles. The maximum absolute atomic E-state index is 17.3. The lowest BCUT2D eigenvalue weighted by molar-refractivity contribution is -0.187. The van der Waals surface area contributed by atoms with Crippen LogP contribution in [0.3, 0.4) is 0 Å². The van der Waals surface area contributed by atoms with Crippen LogP contribution < -0.4 is 0 Å². The number of halogens is 3. The van der Waals surface area contributed by atoms with Gasteiger partial charge in [0.1, 0.15) is 28.5 Å². The van der Waals surface area contributed by atoms with Gasteiger partial charge in [0, 0.05) is 23.3 Å². The first-order chi connectivity index (χ1) is 17.4. The molecule has 1 aromatic rings. The third-order valence-electron chi connectivity index (χ3n) is 9.71. The van der Waals surface area contributed by atoms with Crippen LogP contribution in [0.4, 0.5) is 13.2 Å². The molecule has 0 amide bonds. The molecule has 3 fully saturated rings. The van der Waals surface area contributed by atoms with E-state index in [-0.39, 0.29) is 36.1 Å². The van der Waals surface area contributed by atoms with Crippen LogP contribution in [0.5, 0.6) is 0 Å². The van der Waals surface area contributed by atoms with E-state index in [1.165, 1.54) is 18.6 Å². The number of aromatic nitrogens is 1. The number of aliphatic hydroxyl groups excluding tert-OH is 1. The number of esters is 1. The van der Waals surface area contributed by atoms with Crippen molar-refractivity contribution in [1.82, 2.24) is 4.98 Å². The highest BCUT2D eigenvalue weighted by Crippen LogP contribution is 2.72. The molecule has 37 heavy (non-hydrogen) atoms. The van der Waals surface area contributed by atoms with Crippen molar-refractivity contribution in [1.29, 1.82) is 0 Å². The summed E-state index contributed by atoms with van der Waals surface area (Å²) in [6, 6.07) is -1.02. The van der Waals surface area contributed by atoms with E-state index in [1.54, 1.807) is 13.8 Å². The van der Waals surface area contributed by atoms with E-state index in [1.807, 2.05) is 0 Å². The molecular formula is C26H28F3NO5S2. The minimum Gasteiger partial charge on any atom is -0.508 e. The van der Waals surface area contributed by atoms with Crippen LogP contribution in [0.25, 0.3) is 0 Å². The summed E-state index contributed by atoms with van der Waals surface area (Å²) in [5, 5.41) is 9.30. The van der Waals surface area contributed by atoms with E-state index in [4.69, 9.17) is 4.74 Å². The number of alkyl halides is 3. The van der Waals surface area contributed by atoms with Gasteiger partial charge in [-0.15, -0.1) is 11.3 Å². The van der Waals surface area contributed by atoms with Crippen LogP contribution in [-0.2, 0) is 14.3 Å². The lowest BCUT2D eigenvalue weighted by Crippen LogP contribution is -2.67. The number of hydrogen-bond donors (Lipinski definition) is 1. The summed E-state index contributed by atoms with van der Waals surface area (Å²) >= 11 is 1.45. The zero-order valence-electron chi connectivity index (χ0n) is 20.6. The van der Waals surface area contributed by atoms with Crippen LogP contribution in [0.1, 0.15) is 56.1 Å². The van der Waals surface area contributed by atoms with Crippen molar-refractivity contribution in [2.75, 3.05) is 6.01 Å². The second-order valence-corrected chi connectivity index (χ2v) is 12.8. The first kappa shape index (κ1) is 26.5. The monoisotopic (exact) mass is 555 g/mol. The Balaban J connectivity index is 1.61. The Morgan fingerprint density at radius 2 is 1.97 bits per heavy atom. The summed E-state index contributed by atoms with van der Waals surface area (Å²) in [5.41, 5.74) is -5.47. The third kappa shape index (κ3) is 3.31. The summed E-state index contributed by atoms with van der Waals surface area (Å²) in [7, 11) is 0. The number of thiazole rings is 1. The van der Waals surface area contributed by atoms with Crippen molar-refractivity contribution >= 4 is 40.0 Å². The molecule has 1 N–H and O–H groups in total. The van der Waals surface area contributed by atoms with Gasteiger partial charge in [-0.2, -0.15) is 0 Å². The van der Waals surface area contributed by atoms with Gasteiger partial charge in [0.05, 0.1) is 17.1 Å². The molecule has 1 heterocycles. The number of rotatable bonds is 4. The van der Waals surface area contributed by atoms with Gasteiger partial charge in [0.2, 0.25) is 5.12 Å². The number of allylic oxidation sites excluding steroid dienone is 3. The highest BCUT2D eigenvalue weighted by molar-refractivity contribution is 8.13. The molecule has 5 rings (SSSR count). The van der Waals surface area contributed by atoms with E-state index in [9.17, 15) is 23.9 Å². The van der Waals surface area contributed by atoms with Crippen molar-refractivity contribution in [3.63, 3.8) is 0 Å². The van der Waals surface area contributed by atoms with E-state index < -0.39 is 74.7 Å². The molecule has 0 aliphatic heterocycles. The minimum atomic E-state index is -2.15. The van der Waals surface area contributed by atoms with Crippen molar-refractivity contribution in [2.45, 2.75) is 63.9 Å². The predicted octanol–water partition coefficient (Wildman–Crippen LogP) is 5.71. The second-order valence-electron chi connectivity index (χ2n) is 11.0. The molecule has 0 unspecified atom stereocenters. The largest absolute Gasteiger partial charge is 0.508 e. The Kier molecular flexibility index (Phi) is 6.22. The summed E-state index contributed by atoms with van der Waals surface area (Å²) in [6.07, 6.45) is 1.60. The van der Waals surface area contributed by atoms with Gasteiger partial charge in [-0.3, -0.25) is 14.6 Å². The topological polar surface area (TPSA) is 93.6 Å². The van der Waals surface area contributed by atoms with Gasteiger partial charge in [-0.05, 0) is 61.9 Å². The van der Waals surface area contributed by atoms with Crippen LogP contribution in [-0.4, -0.2) is 50.4 Å². The van der Waals surface area contributed by atoms with Gasteiger partial charge < -0.3 is 9.84 Å². The molecule has 200 valence electrons. The Hall–Kier alpha value is -2.14. The van der Waals surface area contributed by atoms with E-state index >= 15 is 8.78 Å². The normalized spacial score (nSPS) is 42.7. The lowest BCUT2D eigenvalue weighted by Gasteiger charge is -2.61. The van der Waals surface area contributed by atoms with E-state index in [0.717, 1.165) is 23.5 Å². The van der Waals surface area contributed by atoms with Gasteiger partial charge in [0.25, 0.3) is 0 Å². The number of carbonyl (C=O) groups excluding carboxylic acids is 3. The van der Waals surface area contributed by atoms with Gasteiger partial charge >= 0.3 is 5.97 Å². The highest BCUT2D eigenvalue weighted by atomic mass is 32.2. The zero-order valence-corrected chi connectivity index (χ0v) is 22.3. The van der Waals surface area contributed by atoms with Crippen molar-refractivity contribution in [2.24, 2.45) is 28.6 Å². The minimum absolute atomic E-state index is 0.0619. The fourth-order valence-corrected chi connectivity index (χ4v) is 9.15. The molecule has 0 saturated heterocycles. The standard InChI is InChI=1S/C26H28F3NO5S2/c1-13-6-15-16-9-18(28)17-7-14(31)8-20(32)24(17,3)25(16,29)5-4-23(15,2)26(13,22(34)36-11-27)35-21(33)19-10-30-12-37-19/h7-8,10,12-13,15-16,18,31H,4-6,9,11H2,1-3H3/t13-,15+,16+,18+,23+,24-,25-,26+/m1/s1. The van der Waals surface area contributed by atoms with Gasteiger partial charge in [-0.25, -0.2) is 18.0 Å². The highest BCUT2D eigenvalue weighted by Gasteiger charge is 2.77. The molecule has 0 radical (unpaired) electrons. The first-order valence-electron chi connectivity index (χ1n) is 12.2. The maximum atomic E-state index is 17.3. The average Bonchev–Trinajstić information content (AvgIpc) is 3.45. The smallest absolute Gasteiger partial charge is 0.351 e. The molecule has 3 saturated carbocycles. The number of ether oxygens (including phenoxy) is 1. The second kappa shape index (κ2) is 8.69. The SMILES string of the molecule is C[C@@H]1C[C@H]2[C@@H]3C[C@H](F)C4=CC(O)=CC(=O)[C@]4(C)[C@@]3(F)CC[C@]2(C)[C@@]1(OC(=O)c1cncs1)C(=O)SCF. The zero-order chi connectivity index (χ0) is 27.0. The molecule has 4 aliphatic carbocycles. The van der Waals surface area contributed by atoms with E-state index in [0.29, 0.717) is 11.8 Å². The van der Waals surface area contributed by atoms with Crippen LogP contribution in [0, 0.1) is 28.6 Å². The van der Waals surface area contributed by atoms with Crippen LogP contribution in [0.15, 0.2) is 35.2 Å². The predicted molar refractivity (Wildman–Crippen MR) is 132 cm³/mol. The summed E-state index contributed by atoms with van der Waals surface area (Å²) in [6.45, 7) is 4.85. The summed E-state index contributed by atoms with van der Waals surface area (Å²) in [4.78, 5) is 43.9. The number of ketones is 1. The Bertz CT molecular complexity index is 1220. The molecule has 6 nitrogen and oxygen atoms in total. The molecule has 1 aromatic heterocycles. The summed E-state index contributed by atoms with van der Waals surface area (Å²) < 4.78 is 52.4. The number of nitrogens with zero attached hydrogens (tertiary/aromatic N) is 1. The molecular weight excluding hydrogens is 527 g/mol. The fraction of sp³-hybridized carbons (Fsp3) is 0.615. The number of carbonyl (C=O) groups is 3. The first-order valence-corrected chi connectivity index (χ1v) is 14.1.